The first-order chi connectivity index (χ1) is 22.5. The third kappa shape index (κ3) is 7.33. The van der Waals surface area contributed by atoms with E-state index in [4.69, 9.17) is 0 Å². The molecule has 0 aliphatic carbocycles. The van der Waals surface area contributed by atoms with E-state index in [1.807, 2.05) is 22.8 Å². The van der Waals surface area contributed by atoms with Crippen LogP contribution in [-0.4, -0.2) is 34.7 Å². The van der Waals surface area contributed by atoms with Gasteiger partial charge >= 0.3 is 0 Å². The predicted molar refractivity (Wildman–Crippen MR) is 193 cm³/mol. The maximum absolute atomic E-state index is 14.4. The first-order valence-electron chi connectivity index (χ1n) is 17.2. The lowest BCUT2D eigenvalue weighted by Gasteiger charge is -2.25. The highest BCUT2D eigenvalue weighted by Gasteiger charge is 2.48. The van der Waals surface area contributed by atoms with E-state index in [-0.39, 0.29) is 11.8 Å². The minimum absolute atomic E-state index is 0.0492. The van der Waals surface area contributed by atoms with Crippen molar-refractivity contribution in [1.29, 1.82) is 0 Å². The zero-order chi connectivity index (χ0) is 32.5. The predicted octanol–water partition coefficient (Wildman–Crippen LogP) is 10.2. The largest absolute Gasteiger partial charge is 0.307 e. The average Bonchev–Trinajstić information content (AvgIpc) is 3.52. The number of amides is 2. The molecule has 4 nitrogen and oxygen atoms in total. The second-order valence-corrected chi connectivity index (χ2v) is 12.5. The number of allylic oxidation sites excluding steroid dienone is 1. The Bertz CT molecular complexity index is 1640. The van der Waals surface area contributed by atoms with Gasteiger partial charge in [0.25, 0.3) is 11.8 Å². The molecule has 0 radical (unpaired) electrons. The van der Waals surface area contributed by atoms with E-state index < -0.39 is 0 Å². The van der Waals surface area contributed by atoms with Crippen LogP contribution in [0.2, 0.25) is 0 Å². The van der Waals surface area contributed by atoms with Crippen LogP contribution in [0, 0.1) is 6.92 Å². The van der Waals surface area contributed by atoms with Gasteiger partial charge in [0.05, 0.1) is 22.5 Å². The summed E-state index contributed by atoms with van der Waals surface area (Å²) >= 11 is 0. The Balaban J connectivity index is 1.53. The number of carbonyl (C=O) groups excluding carboxylic acids is 2. The second-order valence-electron chi connectivity index (χ2n) is 12.5. The molecule has 3 aromatic carbocycles. The SMILES string of the molecule is C/C=C/c1ccc(/C=C/c2ccc(C3=C4C(=O)N(CCCCCC)C(c5ccc(C)cc5)=C4C(=O)N3CCCCCC)cc2)cc1. The normalized spacial score (nSPS) is 15.0. The van der Waals surface area contributed by atoms with Crippen molar-refractivity contribution < 1.29 is 9.59 Å². The zero-order valence-corrected chi connectivity index (χ0v) is 28.0. The highest BCUT2D eigenvalue weighted by molar-refractivity contribution is 6.30. The Labute approximate surface area is 275 Å². The number of fused-ring (bicyclic) bond motifs is 1. The number of hydrogen-bond donors (Lipinski definition) is 0. The van der Waals surface area contributed by atoms with Gasteiger partial charge in [0.2, 0.25) is 0 Å². The molecule has 2 heterocycles. The molecular weight excluding hydrogens is 564 g/mol. The van der Waals surface area contributed by atoms with Gasteiger partial charge in [-0.15, -0.1) is 0 Å². The highest BCUT2D eigenvalue weighted by atomic mass is 16.2. The van der Waals surface area contributed by atoms with Crippen LogP contribution in [0.4, 0.5) is 0 Å². The van der Waals surface area contributed by atoms with Gasteiger partial charge in [-0.2, -0.15) is 0 Å². The summed E-state index contributed by atoms with van der Waals surface area (Å²) in [5.74, 6) is -0.0985. The van der Waals surface area contributed by atoms with E-state index >= 15 is 0 Å². The van der Waals surface area contributed by atoms with Crippen molar-refractivity contribution in [1.82, 2.24) is 9.80 Å². The molecule has 46 heavy (non-hydrogen) atoms. The second kappa shape index (κ2) is 15.7. The maximum atomic E-state index is 14.4. The Hall–Kier alpha value is -4.44. The zero-order valence-electron chi connectivity index (χ0n) is 28.0. The fourth-order valence-corrected chi connectivity index (χ4v) is 6.38. The summed E-state index contributed by atoms with van der Waals surface area (Å²) in [6.07, 6.45) is 16.8. The van der Waals surface area contributed by atoms with Gasteiger partial charge in [0, 0.05) is 13.1 Å². The number of unbranched alkanes of at least 4 members (excludes halogenated alkanes) is 6. The topological polar surface area (TPSA) is 40.6 Å². The molecule has 0 N–H and O–H groups in total. The summed E-state index contributed by atoms with van der Waals surface area (Å²) < 4.78 is 0. The van der Waals surface area contributed by atoms with Gasteiger partial charge in [-0.1, -0.05) is 155 Å². The fraction of sp³-hybridized carbons (Fsp3) is 0.333. The molecule has 2 amide bonds. The van der Waals surface area contributed by atoms with Crippen LogP contribution in [0.5, 0.6) is 0 Å². The number of benzene rings is 3. The van der Waals surface area contributed by atoms with Crippen molar-refractivity contribution in [2.45, 2.75) is 79.1 Å². The van der Waals surface area contributed by atoms with Gasteiger partial charge in [-0.05, 0) is 54.5 Å². The molecule has 0 aromatic heterocycles. The van der Waals surface area contributed by atoms with Crippen molar-refractivity contribution in [3.63, 3.8) is 0 Å². The Morgan fingerprint density at radius 3 is 1.33 bits per heavy atom. The van der Waals surface area contributed by atoms with Crippen molar-refractivity contribution in [3.8, 4) is 0 Å². The molecule has 0 spiro atoms. The summed E-state index contributed by atoms with van der Waals surface area (Å²) in [5.41, 5.74) is 9.05. The van der Waals surface area contributed by atoms with Gasteiger partial charge in [-0.3, -0.25) is 9.59 Å². The Morgan fingerprint density at radius 1 is 0.522 bits per heavy atom. The minimum atomic E-state index is -0.0492. The molecule has 238 valence electrons. The van der Waals surface area contributed by atoms with E-state index in [1.165, 1.54) is 5.56 Å². The van der Waals surface area contributed by atoms with Crippen molar-refractivity contribution in [2.75, 3.05) is 13.1 Å². The lowest BCUT2D eigenvalue weighted by atomic mass is 10.0. The highest BCUT2D eigenvalue weighted by Crippen LogP contribution is 2.46. The maximum Gasteiger partial charge on any atom is 0.261 e. The first-order valence-corrected chi connectivity index (χ1v) is 17.2. The number of hydrogen-bond acceptors (Lipinski definition) is 2. The van der Waals surface area contributed by atoms with Gasteiger partial charge in [0.1, 0.15) is 0 Å². The smallest absolute Gasteiger partial charge is 0.261 e. The van der Waals surface area contributed by atoms with Crippen molar-refractivity contribution >= 4 is 41.4 Å². The van der Waals surface area contributed by atoms with Crippen molar-refractivity contribution in [3.05, 3.63) is 123 Å². The van der Waals surface area contributed by atoms with Gasteiger partial charge < -0.3 is 9.80 Å². The summed E-state index contributed by atoms with van der Waals surface area (Å²) in [6, 6.07) is 25.0. The molecule has 2 aliphatic rings. The van der Waals surface area contributed by atoms with E-state index in [0.29, 0.717) is 24.2 Å². The molecule has 0 bridgehead atoms. The number of nitrogens with zero attached hydrogens (tertiary/aromatic N) is 2. The Kier molecular flexibility index (Phi) is 11.3. The lowest BCUT2D eigenvalue weighted by Crippen LogP contribution is -2.31. The van der Waals surface area contributed by atoms with E-state index in [1.54, 1.807) is 0 Å². The molecule has 0 unspecified atom stereocenters. The number of aryl methyl sites for hydroxylation is 1. The molecule has 0 atom stereocenters. The summed E-state index contributed by atoms with van der Waals surface area (Å²) in [5, 5.41) is 0. The molecule has 5 rings (SSSR count). The molecule has 3 aromatic rings. The molecular formula is C42H48N2O2. The van der Waals surface area contributed by atoms with E-state index in [0.717, 1.165) is 90.6 Å². The molecule has 0 saturated carbocycles. The summed E-state index contributed by atoms with van der Waals surface area (Å²) in [6.45, 7) is 9.70. The fourth-order valence-electron chi connectivity index (χ4n) is 6.38. The van der Waals surface area contributed by atoms with Gasteiger partial charge in [0.15, 0.2) is 0 Å². The van der Waals surface area contributed by atoms with Gasteiger partial charge in [-0.25, -0.2) is 0 Å². The monoisotopic (exact) mass is 612 g/mol. The number of carbonyl (C=O) groups is 2. The third-order valence-corrected chi connectivity index (χ3v) is 8.92. The molecule has 4 heteroatoms. The summed E-state index contributed by atoms with van der Waals surface area (Å²) in [7, 11) is 0. The molecule has 0 saturated heterocycles. The van der Waals surface area contributed by atoms with Crippen LogP contribution in [0.15, 0.2) is 90.0 Å². The quantitative estimate of drug-likeness (QED) is 0.127. The van der Waals surface area contributed by atoms with E-state index in [2.05, 4.69) is 112 Å². The van der Waals surface area contributed by atoms with Crippen LogP contribution < -0.4 is 0 Å². The lowest BCUT2D eigenvalue weighted by molar-refractivity contribution is -0.124. The standard InChI is InChI=1S/C42H48N2O2/c1-5-8-10-12-29-43-39(35-25-15-31(4)16-26-35)37-38(42(43)46)40(44(41(37)45)30-13-11-9-6-2)36-27-23-34(24-28-36)22-21-33-19-17-32(14-7-3)18-20-33/h7,14-28H,5-6,8-13,29-30H2,1-4H3/b14-7+,22-21+. The van der Waals surface area contributed by atoms with Crippen LogP contribution in [0.25, 0.3) is 29.6 Å². The summed E-state index contributed by atoms with van der Waals surface area (Å²) in [4.78, 5) is 32.5. The third-order valence-electron chi connectivity index (χ3n) is 8.92. The van der Waals surface area contributed by atoms with E-state index in [9.17, 15) is 9.59 Å². The van der Waals surface area contributed by atoms with Crippen LogP contribution >= 0.6 is 0 Å². The first kappa shape index (κ1) is 32.9. The van der Waals surface area contributed by atoms with Crippen LogP contribution in [0.3, 0.4) is 0 Å². The van der Waals surface area contributed by atoms with Crippen LogP contribution in [-0.2, 0) is 9.59 Å². The van der Waals surface area contributed by atoms with Crippen LogP contribution in [0.1, 0.15) is 106 Å². The molecule has 0 fully saturated rings. The average molecular weight is 613 g/mol. The molecule has 2 aliphatic heterocycles. The van der Waals surface area contributed by atoms with Crippen molar-refractivity contribution in [2.24, 2.45) is 0 Å². The number of rotatable bonds is 15. The minimum Gasteiger partial charge on any atom is -0.307 e. The Morgan fingerprint density at radius 2 is 0.913 bits per heavy atom.